The van der Waals surface area contributed by atoms with Gasteiger partial charge in [0.1, 0.15) is 11.4 Å². The zero-order valence-corrected chi connectivity index (χ0v) is 22.0. The van der Waals surface area contributed by atoms with Gasteiger partial charge in [0.15, 0.2) is 5.76 Å². The molecule has 2 heterocycles. The maximum absolute atomic E-state index is 14.2. The summed E-state index contributed by atoms with van der Waals surface area (Å²) in [6.07, 6.45) is 4.93. The van der Waals surface area contributed by atoms with E-state index in [0.717, 1.165) is 16.8 Å². The summed E-state index contributed by atoms with van der Waals surface area (Å²) in [7, 11) is 0. The normalized spacial score (nSPS) is 11.3. The van der Waals surface area contributed by atoms with Crippen LogP contribution in [0.25, 0.3) is 34.0 Å². The highest BCUT2D eigenvalue weighted by Crippen LogP contribution is 2.33. The third-order valence-electron chi connectivity index (χ3n) is 6.71. The second kappa shape index (κ2) is 10.9. The standard InChI is InChI=1S/C34H24FN3O3/c1-22-16-17-24(20-28(22)35)33(40)34-32(27-14-8-9-15-29(27)41-34)36-30(39)19-18-25-21-38(26-12-6-3-7-13-26)37-31(25)23-10-4-2-5-11-23/h2-21H,1H3,(H,36,39)/b19-18+. The average molecular weight is 542 g/mol. The summed E-state index contributed by atoms with van der Waals surface area (Å²) >= 11 is 0. The third-order valence-corrected chi connectivity index (χ3v) is 6.71. The largest absolute Gasteiger partial charge is 0.450 e. The van der Waals surface area contributed by atoms with Gasteiger partial charge in [-0.3, -0.25) is 9.59 Å². The highest BCUT2D eigenvalue weighted by Gasteiger charge is 2.23. The van der Waals surface area contributed by atoms with Gasteiger partial charge in [0, 0.05) is 34.3 Å². The lowest BCUT2D eigenvalue weighted by Crippen LogP contribution is -2.11. The minimum absolute atomic E-state index is 0.0712. The zero-order valence-electron chi connectivity index (χ0n) is 22.0. The molecule has 0 spiro atoms. The molecule has 0 aliphatic heterocycles. The Kier molecular flexibility index (Phi) is 6.83. The smallest absolute Gasteiger partial charge is 0.248 e. The number of carbonyl (C=O) groups is 2. The first-order chi connectivity index (χ1) is 20.0. The Bertz CT molecular complexity index is 1920. The lowest BCUT2D eigenvalue weighted by molar-refractivity contribution is -0.111. The number of nitrogens with one attached hydrogen (secondary N) is 1. The SMILES string of the molecule is Cc1ccc(C(=O)c2oc3ccccc3c2NC(=O)/C=C/c2cn(-c3ccccc3)nc2-c2ccccc2)cc1F. The molecule has 0 atom stereocenters. The zero-order chi connectivity index (χ0) is 28.3. The van der Waals surface area contributed by atoms with Gasteiger partial charge in [-0.2, -0.15) is 5.10 Å². The summed E-state index contributed by atoms with van der Waals surface area (Å²) in [6, 6.07) is 30.7. The molecule has 2 aromatic heterocycles. The van der Waals surface area contributed by atoms with Crippen molar-refractivity contribution in [1.29, 1.82) is 0 Å². The lowest BCUT2D eigenvalue weighted by atomic mass is 10.0. The van der Waals surface area contributed by atoms with Gasteiger partial charge in [0.05, 0.1) is 17.1 Å². The number of amides is 1. The quantitative estimate of drug-likeness (QED) is 0.167. The Morgan fingerprint density at radius 3 is 2.37 bits per heavy atom. The van der Waals surface area contributed by atoms with Gasteiger partial charge < -0.3 is 9.73 Å². The van der Waals surface area contributed by atoms with Crippen LogP contribution >= 0.6 is 0 Å². The number of aryl methyl sites for hydroxylation is 1. The van der Waals surface area contributed by atoms with Crippen LogP contribution in [0.1, 0.15) is 27.2 Å². The molecule has 4 aromatic carbocycles. The first-order valence-electron chi connectivity index (χ1n) is 13.0. The molecule has 6 rings (SSSR count). The van der Waals surface area contributed by atoms with Crippen LogP contribution in [0.2, 0.25) is 0 Å². The van der Waals surface area contributed by atoms with Gasteiger partial charge in [-0.25, -0.2) is 9.07 Å². The van der Waals surface area contributed by atoms with E-state index < -0.39 is 17.5 Å². The predicted molar refractivity (Wildman–Crippen MR) is 157 cm³/mol. The van der Waals surface area contributed by atoms with E-state index in [2.05, 4.69) is 5.32 Å². The fourth-order valence-electron chi connectivity index (χ4n) is 4.57. The molecule has 1 amide bonds. The van der Waals surface area contributed by atoms with E-state index in [0.29, 0.717) is 22.2 Å². The maximum atomic E-state index is 14.2. The molecule has 7 heteroatoms. The summed E-state index contributed by atoms with van der Waals surface area (Å²) < 4.78 is 21.8. The van der Waals surface area contributed by atoms with Crippen molar-refractivity contribution in [2.45, 2.75) is 6.92 Å². The van der Waals surface area contributed by atoms with Crippen molar-refractivity contribution in [3.05, 3.63) is 144 Å². The van der Waals surface area contributed by atoms with Gasteiger partial charge in [-0.05, 0) is 48.9 Å². The van der Waals surface area contributed by atoms with Crippen LogP contribution in [0.4, 0.5) is 10.1 Å². The molecule has 0 aliphatic carbocycles. The number of aromatic nitrogens is 2. The number of hydrogen-bond donors (Lipinski definition) is 1. The van der Waals surface area contributed by atoms with E-state index in [1.54, 1.807) is 41.9 Å². The van der Waals surface area contributed by atoms with E-state index >= 15 is 0 Å². The number of carbonyl (C=O) groups excluding carboxylic acids is 2. The van der Waals surface area contributed by atoms with E-state index in [1.807, 2.05) is 66.9 Å². The summed E-state index contributed by atoms with van der Waals surface area (Å²) in [5, 5.41) is 8.15. The highest BCUT2D eigenvalue weighted by molar-refractivity contribution is 6.18. The Morgan fingerprint density at radius 2 is 1.61 bits per heavy atom. The molecule has 0 saturated carbocycles. The minimum atomic E-state index is -0.533. The highest BCUT2D eigenvalue weighted by atomic mass is 19.1. The first-order valence-corrected chi connectivity index (χ1v) is 13.0. The molecule has 41 heavy (non-hydrogen) atoms. The Labute approximate surface area is 235 Å². The van der Waals surface area contributed by atoms with Gasteiger partial charge in [-0.15, -0.1) is 0 Å². The van der Waals surface area contributed by atoms with E-state index in [4.69, 9.17) is 9.52 Å². The van der Waals surface area contributed by atoms with Crippen LogP contribution in [0, 0.1) is 12.7 Å². The molecule has 0 unspecified atom stereocenters. The lowest BCUT2D eigenvalue weighted by Gasteiger charge is -2.05. The average Bonchev–Trinajstić information content (AvgIpc) is 3.60. The number of halogens is 1. The fourth-order valence-corrected chi connectivity index (χ4v) is 4.57. The summed E-state index contributed by atoms with van der Waals surface area (Å²) in [5.74, 6) is -1.56. The molecule has 0 aliphatic rings. The number of ketones is 1. The molecule has 0 bridgehead atoms. The van der Waals surface area contributed by atoms with Gasteiger partial charge in [-0.1, -0.05) is 72.8 Å². The Hall–Kier alpha value is -5.56. The topological polar surface area (TPSA) is 77.1 Å². The van der Waals surface area contributed by atoms with Crippen LogP contribution < -0.4 is 5.32 Å². The van der Waals surface area contributed by atoms with Crippen molar-refractivity contribution in [3.63, 3.8) is 0 Å². The van der Waals surface area contributed by atoms with E-state index in [9.17, 15) is 14.0 Å². The van der Waals surface area contributed by atoms with Crippen molar-refractivity contribution in [2.75, 3.05) is 5.32 Å². The monoisotopic (exact) mass is 541 g/mol. The van der Waals surface area contributed by atoms with Gasteiger partial charge in [0.2, 0.25) is 11.7 Å². The van der Waals surface area contributed by atoms with Crippen molar-refractivity contribution in [2.24, 2.45) is 0 Å². The number of fused-ring (bicyclic) bond motifs is 1. The number of hydrogen-bond acceptors (Lipinski definition) is 4. The minimum Gasteiger partial charge on any atom is -0.450 e. The second-order valence-electron chi connectivity index (χ2n) is 9.50. The molecule has 6 nitrogen and oxygen atoms in total. The van der Waals surface area contributed by atoms with Crippen LogP contribution in [0.3, 0.4) is 0 Å². The number of furan rings is 1. The first kappa shape index (κ1) is 25.7. The molecular formula is C34H24FN3O3. The molecule has 6 aromatic rings. The van der Waals surface area contributed by atoms with Crippen LogP contribution in [-0.2, 0) is 4.79 Å². The van der Waals surface area contributed by atoms with Crippen molar-refractivity contribution in [1.82, 2.24) is 9.78 Å². The molecule has 1 N–H and O–H groups in total. The summed E-state index contributed by atoms with van der Waals surface area (Å²) in [6.45, 7) is 1.62. The Balaban J connectivity index is 1.34. The van der Waals surface area contributed by atoms with Crippen molar-refractivity contribution < 1.29 is 18.4 Å². The van der Waals surface area contributed by atoms with Gasteiger partial charge in [0.25, 0.3) is 0 Å². The Morgan fingerprint density at radius 1 is 0.902 bits per heavy atom. The van der Waals surface area contributed by atoms with Crippen LogP contribution in [0.15, 0.2) is 120 Å². The van der Waals surface area contributed by atoms with Crippen LogP contribution in [0.5, 0.6) is 0 Å². The number of nitrogens with zero attached hydrogens (tertiary/aromatic N) is 2. The summed E-state index contributed by atoms with van der Waals surface area (Å²) in [5.41, 5.74) is 4.44. The number of anilines is 1. The summed E-state index contributed by atoms with van der Waals surface area (Å²) in [4.78, 5) is 26.6. The third kappa shape index (κ3) is 5.21. The molecule has 0 saturated heterocycles. The van der Waals surface area contributed by atoms with Crippen molar-refractivity contribution >= 4 is 34.4 Å². The van der Waals surface area contributed by atoms with E-state index in [1.165, 1.54) is 24.3 Å². The maximum Gasteiger partial charge on any atom is 0.248 e. The fraction of sp³-hybridized carbons (Fsp3) is 0.0294. The predicted octanol–water partition coefficient (Wildman–Crippen LogP) is 7.62. The number of benzene rings is 4. The van der Waals surface area contributed by atoms with Crippen LogP contribution in [-0.4, -0.2) is 21.5 Å². The van der Waals surface area contributed by atoms with E-state index in [-0.39, 0.29) is 17.0 Å². The van der Waals surface area contributed by atoms with Gasteiger partial charge >= 0.3 is 0 Å². The molecular weight excluding hydrogens is 517 g/mol. The molecule has 200 valence electrons. The second-order valence-corrected chi connectivity index (χ2v) is 9.50. The number of para-hydroxylation sites is 2. The molecule has 0 radical (unpaired) electrons. The molecule has 0 fully saturated rings. The van der Waals surface area contributed by atoms with Crippen molar-refractivity contribution in [3.8, 4) is 16.9 Å². The number of rotatable bonds is 7.